The molecule has 1 aromatic heterocycles. The SMILES string of the molecule is CCc1nc(C2CCOC2)[nH]c(=O)c1I. The molecule has 1 aliphatic heterocycles. The standard InChI is InChI=1S/C10H13IN2O2/c1-2-7-8(11)10(14)13-9(12-7)6-3-4-15-5-6/h6H,2-5H2,1H3,(H,12,13,14). The van der Waals surface area contributed by atoms with Gasteiger partial charge in [0.2, 0.25) is 0 Å². The van der Waals surface area contributed by atoms with E-state index >= 15 is 0 Å². The summed E-state index contributed by atoms with van der Waals surface area (Å²) in [7, 11) is 0. The number of nitrogens with zero attached hydrogens (tertiary/aromatic N) is 1. The van der Waals surface area contributed by atoms with E-state index in [1.165, 1.54) is 0 Å². The molecule has 1 aliphatic rings. The molecule has 5 heteroatoms. The average Bonchev–Trinajstić information content (AvgIpc) is 2.75. The molecule has 1 aromatic rings. The number of hydrogen-bond acceptors (Lipinski definition) is 3. The lowest BCUT2D eigenvalue weighted by molar-refractivity contribution is 0.193. The Morgan fingerprint density at radius 2 is 2.47 bits per heavy atom. The van der Waals surface area contributed by atoms with Crippen LogP contribution in [0.15, 0.2) is 4.79 Å². The summed E-state index contributed by atoms with van der Waals surface area (Å²) in [5.41, 5.74) is 0.866. The van der Waals surface area contributed by atoms with Gasteiger partial charge in [0.15, 0.2) is 0 Å². The summed E-state index contributed by atoms with van der Waals surface area (Å²) in [5, 5.41) is 0. The van der Waals surface area contributed by atoms with Crippen molar-refractivity contribution >= 4 is 22.6 Å². The van der Waals surface area contributed by atoms with Crippen LogP contribution in [0.2, 0.25) is 0 Å². The van der Waals surface area contributed by atoms with Gasteiger partial charge < -0.3 is 9.72 Å². The molecule has 0 aliphatic carbocycles. The van der Waals surface area contributed by atoms with Crippen molar-refractivity contribution < 1.29 is 4.74 Å². The topological polar surface area (TPSA) is 55.0 Å². The van der Waals surface area contributed by atoms with Gasteiger partial charge in [-0.05, 0) is 35.4 Å². The number of H-pyrrole nitrogens is 1. The van der Waals surface area contributed by atoms with Crippen LogP contribution >= 0.6 is 22.6 Å². The first kappa shape index (κ1) is 11.1. The molecule has 1 N–H and O–H groups in total. The van der Waals surface area contributed by atoms with E-state index in [-0.39, 0.29) is 11.5 Å². The molecule has 0 spiro atoms. The predicted molar refractivity (Wildman–Crippen MR) is 65.1 cm³/mol. The zero-order valence-corrected chi connectivity index (χ0v) is 10.7. The average molecular weight is 320 g/mol. The summed E-state index contributed by atoms with van der Waals surface area (Å²) in [6.45, 7) is 3.45. The van der Waals surface area contributed by atoms with Gasteiger partial charge in [0.05, 0.1) is 15.9 Å². The summed E-state index contributed by atoms with van der Waals surface area (Å²) < 4.78 is 6.00. The highest BCUT2D eigenvalue weighted by molar-refractivity contribution is 14.1. The second-order valence-corrected chi connectivity index (χ2v) is 4.70. The van der Waals surface area contributed by atoms with Crippen LogP contribution in [0.25, 0.3) is 0 Å². The van der Waals surface area contributed by atoms with E-state index in [1.807, 2.05) is 29.5 Å². The number of rotatable bonds is 2. The van der Waals surface area contributed by atoms with Crippen LogP contribution in [0, 0.1) is 3.57 Å². The van der Waals surface area contributed by atoms with E-state index in [0.717, 1.165) is 31.0 Å². The maximum absolute atomic E-state index is 11.6. The number of aromatic nitrogens is 2. The molecular formula is C10H13IN2O2. The van der Waals surface area contributed by atoms with Crippen LogP contribution in [0.3, 0.4) is 0 Å². The minimum Gasteiger partial charge on any atom is -0.381 e. The van der Waals surface area contributed by atoms with Crippen LogP contribution in [0.4, 0.5) is 0 Å². The summed E-state index contributed by atoms with van der Waals surface area (Å²) in [4.78, 5) is 19.0. The van der Waals surface area contributed by atoms with Crippen LogP contribution in [-0.4, -0.2) is 23.2 Å². The fourth-order valence-electron chi connectivity index (χ4n) is 1.70. The Morgan fingerprint density at radius 3 is 3.07 bits per heavy atom. The Bertz CT molecular complexity index is 410. The molecule has 0 aromatic carbocycles. The Labute approximate surface area is 102 Å². The van der Waals surface area contributed by atoms with Gasteiger partial charge in [-0.15, -0.1) is 0 Å². The van der Waals surface area contributed by atoms with Gasteiger partial charge in [0, 0.05) is 12.5 Å². The predicted octanol–water partition coefficient (Wildman–Crippen LogP) is 1.44. The number of ether oxygens (including phenoxy) is 1. The van der Waals surface area contributed by atoms with Gasteiger partial charge in [-0.2, -0.15) is 0 Å². The Balaban J connectivity index is 2.40. The molecule has 2 rings (SSSR count). The lowest BCUT2D eigenvalue weighted by Gasteiger charge is -2.09. The first-order valence-corrected chi connectivity index (χ1v) is 6.16. The molecule has 15 heavy (non-hydrogen) atoms. The van der Waals surface area contributed by atoms with Crippen molar-refractivity contribution in [2.75, 3.05) is 13.2 Å². The van der Waals surface area contributed by atoms with E-state index in [0.29, 0.717) is 10.2 Å². The van der Waals surface area contributed by atoms with Crippen molar-refractivity contribution in [1.82, 2.24) is 9.97 Å². The van der Waals surface area contributed by atoms with E-state index in [1.54, 1.807) is 0 Å². The Hall–Kier alpha value is -0.430. The molecule has 4 nitrogen and oxygen atoms in total. The molecular weight excluding hydrogens is 307 g/mol. The maximum Gasteiger partial charge on any atom is 0.264 e. The maximum atomic E-state index is 11.6. The van der Waals surface area contributed by atoms with Crippen LogP contribution in [-0.2, 0) is 11.2 Å². The van der Waals surface area contributed by atoms with Crippen molar-refractivity contribution in [3.63, 3.8) is 0 Å². The van der Waals surface area contributed by atoms with Crippen LogP contribution in [0.5, 0.6) is 0 Å². The smallest absolute Gasteiger partial charge is 0.264 e. The third-order valence-corrected chi connectivity index (χ3v) is 3.71. The minimum absolute atomic E-state index is 0.0237. The van der Waals surface area contributed by atoms with Crippen LogP contribution < -0.4 is 5.56 Å². The molecule has 82 valence electrons. The van der Waals surface area contributed by atoms with Crippen molar-refractivity contribution in [1.29, 1.82) is 0 Å². The van der Waals surface area contributed by atoms with Crippen molar-refractivity contribution in [2.24, 2.45) is 0 Å². The van der Waals surface area contributed by atoms with Gasteiger partial charge in [0.25, 0.3) is 5.56 Å². The molecule has 1 saturated heterocycles. The fraction of sp³-hybridized carbons (Fsp3) is 0.600. The van der Waals surface area contributed by atoms with E-state index < -0.39 is 0 Å². The normalized spacial score (nSPS) is 20.8. The number of aromatic amines is 1. The quantitative estimate of drug-likeness (QED) is 0.839. The zero-order chi connectivity index (χ0) is 10.8. The lowest BCUT2D eigenvalue weighted by Crippen LogP contribution is -2.20. The molecule has 0 saturated carbocycles. The molecule has 2 heterocycles. The monoisotopic (exact) mass is 320 g/mol. The van der Waals surface area contributed by atoms with E-state index in [2.05, 4.69) is 9.97 Å². The second-order valence-electron chi connectivity index (χ2n) is 3.63. The number of hydrogen-bond donors (Lipinski definition) is 1. The molecule has 1 unspecified atom stereocenters. The summed E-state index contributed by atoms with van der Waals surface area (Å²) >= 11 is 2.05. The first-order chi connectivity index (χ1) is 7.22. The number of aryl methyl sites for hydroxylation is 1. The minimum atomic E-state index is -0.0237. The molecule has 0 amide bonds. The highest BCUT2D eigenvalue weighted by atomic mass is 127. The number of halogens is 1. The highest BCUT2D eigenvalue weighted by Gasteiger charge is 2.21. The zero-order valence-electron chi connectivity index (χ0n) is 8.55. The fourth-order valence-corrected chi connectivity index (χ4v) is 2.34. The Kier molecular flexibility index (Phi) is 3.40. The van der Waals surface area contributed by atoms with Gasteiger partial charge in [0.1, 0.15) is 5.82 Å². The third kappa shape index (κ3) is 2.23. The highest BCUT2D eigenvalue weighted by Crippen LogP contribution is 2.21. The summed E-state index contributed by atoms with van der Waals surface area (Å²) in [6.07, 6.45) is 1.75. The second kappa shape index (κ2) is 4.61. The van der Waals surface area contributed by atoms with Crippen molar-refractivity contribution in [2.45, 2.75) is 25.7 Å². The largest absolute Gasteiger partial charge is 0.381 e. The number of nitrogens with one attached hydrogen (secondary N) is 1. The van der Waals surface area contributed by atoms with Gasteiger partial charge >= 0.3 is 0 Å². The summed E-state index contributed by atoms with van der Waals surface area (Å²) in [6, 6.07) is 0. The van der Waals surface area contributed by atoms with E-state index in [4.69, 9.17) is 4.74 Å². The molecule has 0 radical (unpaired) electrons. The van der Waals surface area contributed by atoms with E-state index in [9.17, 15) is 4.79 Å². The molecule has 0 bridgehead atoms. The Morgan fingerprint density at radius 1 is 1.67 bits per heavy atom. The lowest BCUT2D eigenvalue weighted by atomic mass is 10.1. The van der Waals surface area contributed by atoms with Gasteiger partial charge in [-0.1, -0.05) is 6.92 Å². The first-order valence-electron chi connectivity index (χ1n) is 5.08. The van der Waals surface area contributed by atoms with Gasteiger partial charge in [-0.3, -0.25) is 4.79 Å². The van der Waals surface area contributed by atoms with Crippen molar-refractivity contribution in [3.8, 4) is 0 Å². The third-order valence-electron chi connectivity index (χ3n) is 2.60. The molecule has 1 fully saturated rings. The van der Waals surface area contributed by atoms with Gasteiger partial charge in [-0.25, -0.2) is 4.98 Å². The molecule has 1 atom stereocenters. The summed E-state index contributed by atoms with van der Waals surface area (Å²) in [5.74, 6) is 1.05. The van der Waals surface area contributed by atoms with Crippen LogP contribution in [0.1, 0.15) is 30.8 Å². The van der Waals surface area contributed by atoms with Crippen molar-refractivity contribution in [3.05, 3.63) is 25.4 Å².